The zero-order valence-corrected chi connectivity index (χ0v) is 11.4. The predicted molar refractivity (Wildman–Crippen MR) is 72.3 cm³/mol. The van der Waals surface area contributed by atoms with Crippen molar-refractivity contribution in [2.75, 3.05) is 6.61 Å². The largest absolute Gasteiger partial charge is 0.491 e. The lowest BCUT2D eigenvalue weighted by Crippen LogP contribution is -1.98. The van der Waals surface area contributed by atoms with Crippen molar-refractivity contribution in [1.29, 1.82) is 0 Å². The summed E-state index contributed by atoms with van der Waals surface area (Å²) in [5.41, 5.74) is 1.68. The molecule has 0 aromatic carbocycles. The van der Waals surface area contributed by atoms with Crippen LogP contribution in [-0.2, 0) is 0 Å². The van der Waals surface area contributed by atoms with Crippen molar-refractivity contribution >= 4 is 27.0 Å². The van der Waals surface area contributed by atoms with Crippen LogP contribution in [0.1, 0.15) is 26.2 Å². The Morgan fingerprint density at radius 2 is 2.18 bits per heavy atom. The molecule has 0 unspecified atom stereocenters. The van der Waals surface area contributed by atoms with E-state index in [1.54, 1.807) is 12.4 Å². The fourth-order valence-electron chi connectivity index (χ4n) is 1.63. The Morgan fingerprint density at radius 1 is 1.29 bits per heavy atom. The molecule has 0 aliphatic carbocycles. The summed E-state index contributed by atoms with van der Waals surface area (Å²) in [5, 5.41) is 0. The molecule has 0 saturated heterocycles. The van der Waals surface area contributed by atoms with E-state index in [4.69, 9.17) is 4.74 Å². The summed E-state index contributed by atoms with van der Waals surface area (Å²) >= 11 is 3.39. The number of fused-ring (bicyclic) bond motifs is 1. The van der Waals surface area contributed by atoms with Gasteiger partial charge in [-0.15, -0.1) is 0 Å². The third-order valence-electron chi connectivity index (χ3n) is 2.51. The molecule has 0 bridgehead atoms. The van der Waals surface area contributed by atoms with Crippen molar-refractivity contribution in [3.63, 3.8) is 0 Å². The molecule has 0 aliphatic rings. The number of rotatable bonds is 5. The van der Waals surface area contributed by atoms with E-state index < -0.39 is 0 Å². The van der Waals surface area contributed by atoms with Gasteiger partial charge in [0.05, 0.1) is 12.1 Å². The molecule has 4 heteroatoms. The van der Waals surface area contributed by atoms with Crippen molar-refractivity contribution in [3.05, 3.63) is 29.0 Å². The van der Waals surface area contributed by atoms with Gasteiger partial charge in [0.1, 0.15) is 11.3 Å². The van der Waals surface area contributed by atoms with Crippen LogP contribution in [-0.4, -0.2) is 16.6 Å². The molecule has 0 spiro atoms. The van der Waals surface area contributed by atoms with Crippen LogP contribution in [0.4, 0.5) is 0 Å². The van der Waals surface area contributed by atoms with Crippen molar-refractivity contribution in [3.8, 4) is 5.75 Å². The molecule has 2 heterocycles. The van der Waals surface area contributed by atoms with Crippen LogP contribution in [0, 0.1) is 0 Å². The monoisotopic (exact) mass is 294 g/mol. The zero-order valence-electron chi connectivity index (χ0n) is 9.82. The fraction of sp³-hybridized carbons (Fsp3) is 0.385. The maximum absolute atomic E-state index is 5.74. The minimum atomic E-state index is 0.741. The van der Waals surface area contributed by atoms with E-state index in [0.717, 1.165) is 34.3 Å². The molecule has 2 aromatic heterocycles. The molecular formula is C13H15BrN2O. The van der Waals surface area contributed by atoms with Crippen molar-refractivity contribution < 1.29 is 4.74 Å². The fourth-order valence-corrected chi connectivity index (χ4v) is 1.95. The maximum atomic E-state index is 5.74. The standard InChI is InChI=1S/C13H15BrN2O/c1-2-3-4-7-17-12-5-6-15-11-8-10(14)9-16-13(11)12/h5-6,8-9H,2-4,7H2,1H3. The van der Waals surface area contributed by atoms with Gasteiger partial charge in [-0.05, 0) is 28.4 Å². The Morgan fingerprint density at radius 3 is 3.00 bits per heavy atom. The van der Waals surface area contributed by atoms with E-state index in [2.05, 4.69) is 32.8 Å². The molecule has 2 rings (SSSR count). The van der Waals surface area contributed by atoms with Gasteiger partial charge in [-0.3, -0.25) is 4.98 Å². The number of nitrogens with zero attached hydrogens (tertiary/aromatic N) is 2. The summed E-state index contributed by atoms with van der Waals surface area (Å²) in [7, 11) is 0. The van der Waals surface area contributed by atoms with Crippen molar-refractivity contribution in [2.45, 2.75) is 26.2 Å². The first kappa shape index (κ1) is 12.3. The molecule has 0 saturated carbocycles. The Balaban J connectivity index is 2.16. The van der Waals surface area contributed by atoms with Gasteiger partial charge in [-0.25, -0.2) is 4.98 Å². The summed E-state index contributed by atoms with van der Waals surface area (Å²) in [5.74, 6) is 0.818. The highest BCUT2D eigenvalue weighted by Gasteiger charge is 2.04. The Hall–Kier alpha value is -1.16. The van der Waals surface area contributed by atoms with E-state index in [1.165, 1.54) is 12.8 Å². The molecule has 0 N–H and O–H groups in total. The Bertz CT molecular complexity index is 502. The summed E-state index contributed by atoms with van der Waals surface area (Å²) in [4.78, 5) is 8.62. The van der Waals surface area contributed by atoms with E-state index in [1.807, 2.05) is 12.1 Å². The topological polar surface area (TPSA) is 35.0 Å². The SMILES string of the molecule is CCCCCOc1ccnc2cc(Br)cnc12. The molecule has 17 heavy (non-hydrogen) atoms. The lowest BCUT2D eigenvalue weighted by molar-refractivity contribution is 0.309. The van der Waals surface area contributed by atoms with Gasteiger partial charge in [0.2, 0.25) is 0 Å². The lowest BCUT2D eigenvalue weighted by Gasteiger charge is -2.07. The van der Waals surface area contributed by atoms with Crippen LogP contribution in [0.5, 0.6) is 5.75 Å². The Labute approximate surface area is 109 Å². The second kappa shape index (κ2) is 5.96. The number of unbranched alkanes of at least 4 members (excludes halogenated alkanes) is 2. The first-order valence-electron chi connectivity index (χ1n) is 5.84. The summed E-state index contributed by atoms with van der Waals surface area (Å²) in [6.07, 6.45) is 7.00. The summed E-state index contributed by atoms with van der Waals surface area (Å²) in [6.45, 7) is 2.92. The van der Waals surface area contributed by atoms with Crippen LogP contribution < -0.4 is 4.74 Å². The van der Waals surface area contributed by atoms with Gasteiger partial charge in [-0.2, -0.15) is 0 Å². The average molecular weight is 295 g/mol. The van der Waals surface area contributed by atoms with Crippen molar-refractivity contribution in [1.82, 2.24) is 9.97 Å². The molecule has 2 aromatic rings. The van der Waals surface area contributed by atoms with Crippen LogP contribution in [0.3, 0.4) is 0 Å². The van der Waals surface area contributed by atoms with Gasteiger partial charge in [0, 0.05) is 22.9 Å². The molecule has 0 amide bonds. The second-order valence-electron chi connectivity index (χ2n) is 3.89. The van der Waals surface area contributed by atoms with E-state index >= 15 is 0 Å². The molecule has 90 valence electrons. The van der Waals surface area contributed by atoms with Crippen LogP contribution in [0.25, 0.3) is 11.0 Å². The van der Waals surface area contributed by atoms with Crippen molar-refractivity contribution in [2.24, 2.45) is 0 Å². The van der Waals surface area contributed by atoms with Crippen LogP contribution in [0.15, 0.2) is 29.0 Å². The molecule has 0 radical (unpaired) electrons. The van der Waals surface area contributed by atoms with Gasteiger partial charge in [0.25, 0.3) is 0 Å². The minimum absolute atomic E-state index is 0.741. The Kier molecular flexibility index (Phi) is 4.31. The molecule has 0 atom stereocenters. The maximum Gasteiger partial charge on any atom is 0.148 e. The third kappa shape index (κ3) is 3.16. The third-order valence-corrected chi connectivity index (χ3v) is 2.95. The lowest BCUT2D eigenvalue weighted by atomic mass is 10.2. The number of hydrogen-bond acceptors (Lipinski definition) is 3. The normalized spacial score (nSPS) is 10.7. The number of hydrogen-bond donors (Lipinski definition) is 0. The molecular weight excluding hydrogens is 280 g/mol. The van der Waals surface area contributed by atoms with E-state index in [-0.39, 0.29) is 0 Å². The smallest absolute Gasteiger partial charge is 0.148 e. The van der Waals surface area contributed by atoms with Gasteiger partial charge in [0.15, 0.2) is 0 Å². The second-order valence-corrected chi connectivity index (χ2v) is 4.80. The zero-order chi connectivity index (χ0) is 12.1. The highest BCUT2D eigenvalue weighted by molar-refractivity contribution is 9.10. The molecule has 0 fully saturated rings. The first-order valence-corrected chi connectivity index (χ1v) is 6.63. The van der Waals surface area contributed by atoms with Gasteiger partial charge >= 0.3 is 0 Å². The number of ether oxygens (including phenoxy) is 1. The van der Waals surface area contributed by atoms with E-state index in [0.29, 0.717) is 0 Å². The number of halogens is 1. The highest BCUT2D eigenvalue weighted by atomic mass is 79.9. The van der Waals surface area contributed by atoms with Crippen LogP contribution in [0.2, 0.25) is 0 Å². The van der Waals surface area contributed by atoms with Crippen LogP contribution >= 0.6 is 15.9 Å². The molecule has 0 aliphatic heterocycles. The average Bonchev–Trinajstić information content (AvgIpc) is 2.34. The highest BCUT2D eigenvalue weighted by Crippen LogP contribution is 2.24. The number of aromatic nitrogens is 2. The number of pyridine rings is 2. The minimum Gasteiger partial charge on any atom is -0.491 e. The summed E-state index contributed by atoms with van der Waals surface area (Å²) in [6, 6.07) is 3.82. The molecule has 3 nitrogen and oxygen atoms in total. The van der Waals surface area contributed by atoms with Gasteiger partial charge < -0.3 is 4.74 Å². The predicted octanol–water partition coefficient (Wildman–Crippen LogP) is 3.96. The quantitative estimate of drug-likeness (QED) is 0.783. The summed E-state index contributed by atoms with van der Waals surface area (Å²) < 4.78 is 6.67. The van der Waals surface area contributed by atoms with E-state index in [9.17, 15) is 0 Å². The van der Waals surface area contributed by atoms with Gasteiger partial charge in [-0.1, -0.05) is 19.8 Å². The first-order chi connectivity index (χ1) is 8.31.